The van der Waals surface area contributed by atoms with Gasteiger partial charge in [0.1, 0.15) is 6.67 Å². The summed E-state index contributed by atoms with van der Waals surface area (Å²) in [5, 5.41) is 0. The molecule has 1 aromatic rings. The predicted molar refractivity (Wildman–Crippen MR) is 40.7 cm³/mol. The Balaban J connectivity index is 3.31. The predicted octanol–water partition coefficient (Wildman–Crippen LogP) is 3.61. The van der Waals surface area contributed by atoms with Gasteiger partial charge in [0.05, 0.1) is 0 Å². The van der Waals surface area contributed by atoms with Crippen LogP contribution >= 0.6 is 0 Å². The molecule has 0 fully saturated rings. The molecule has 0 unspecified atom stereocenters. The van der Waals surface area contributed by atoms with Gasteiger partial charge in [0.15, 0.2) is 11.5 Å². The molecule has 18 heavy (non-hydrogen) atoms. The average Bonchev–Trinajstić information content (AvgIpc) is 2.16. The van der Waals surface area contributed by atoms with Crippen molar-refractivity contribution in [3.8, 4) is 5.88 Å². The second-order valence-electron chi connectivity index (χ2n) is 2.96. The number of hydrogen-bond donors (Lipinski definition) is 0. The SMILES string of the molecule is FCc1cc(F)c(C(F)(F)F)nc1OC(F)(F)F. The van der Waals surface area contributed by atoms with E-state index in [9.17, 15) is 35.1 Å². The summed E-state index contributed by atoms with van der Waals surface area (Å²) >= 11 is 0. The van der Waals surface area contributed by atoms with Crippen molar-refractivity contribution in [1.29, 1.82) is 0 Å². The zero-order valence-corrected chi connectivity index (χ0v) is 8.16. The first kappa shape index (κ1) is 14.5. The van der Waals surface area contributed by atoms with E-state index in [-0.39, 0.29) is 6.07 Å². The van der Waals surface area contributed by atoms with Crippen LogP contribution in [0.4, 0.5) is 35.1 Å². The normalized spacial score (nSPS) is 12.7. The summed E-state index contributed by atoms with van der Waals surface area (Å²) in [4.78, 5) is 2.32. The summed E-state index contributed by atoms with van der Waals surface area (Å²) in [6, 6.07) is -0.0447. The lowest BCUT2D eigenvalue weighted by Crippen LogP contribution is -2.21. The van der Waals surface area contributed by atoms with Crippen LogP contribution < -0.4 is 4.74 Å². The van der Waals surface area contributed by atoms with Crippen molar-refractivity contribution in [2.24, 2.45) is 0 Å². The number of halogens is 8. The fourth-order valence-electron chi connectivity index (χ4n) is 1.00. The fraction of sp³-hybridized carbons (Fsp3) is 0.375. The Hall–Kier alpha value is -1.61. The minimum atomic E-state index is -5.36. The number of ether oxygens (including phenoxy) is 1. The van der Waals surface area contributed by atoms with E-state index in [0.717, 1.165) is 0 Å². The van der Waals surface area contributed by atoms with E-state index in [1.807, 2.05) is 0 Å². The van der Waals surface area contributed by atoms with Crippen molar-refractivity contribution in [3.63, 3.8) is 0 Å². The van der Waals surface area contributed by atoms with Gasteiger partial charge in [0, 0.05) is 5.56 Å². The van der Waals surface area contributed by atoms with E-state index < -0.39 is 42.2 Å². The van der Waals surface area contributed by atoms with Crippen LogP contribution in [0, 0.1) is 5.82 Å². The Morgan fingerprint density at radius 1 is 1.11 bits per heavy atom. The molecule has 0 aromatic carbocycles. The van der Waals surface area contributed by atoms with Crippen molar-refractivity contribution in [3.05, 3.63) is 23.1 Å². The van der Waals surface area contributed by atoms with E-state index in [1.165, 1.54) is 0 Å². The third-order valence-corrected chi connectivity index (χ3v) is 1.64. The molecule has 0 atom stereocenters. The fourth-order valence-corrected chi connectivity index (χ4v) is 1.00. The van der Waals surface area contributed by atoms with Crippen molar-refractivity contribution >= 4 is 0 Å². The van der Waals surface area contributed by atoms with Gasteiger partial charge in [0.25, 0.3) is 0 Å². The second kappa shape index (κ2) is 4.58. The zero-order chi connectivity index (χ0) is 14.1. The number of pyridine rings is 1. The summed E-state index contributed by atoms with van der Waals surface area (Å²) in [6.45, 7) is -1.66. The first-order chi connectivity index (χ1) is 8.04. The number of nitrogens with zero attached hydrogens (tertiary/aromatic N) is 1. The van der Waals surface area contributed by atoms with Crippen LogP contribution in [-0.4, -0.2) is 11.3 Å². The molecule has 0 amide bonds. The molecule has 0 spiro atoms. The topological polar surface area (TPSA) is 22.1 Å². The quantitative estimate of drug-likeness (QED) is 0.772. The highest BCUT2D eigenvalue weighted by molar-refractivity contribution is 5.30. The van der Waals surface area contributed by atoms with Crippen molar-refractivity contribution in [2.75, 3.05) is 0 Å². The molecule has 1 heterocycles. The van der Waals surface area contributed by atoms with Gasteiger partial charge in [-0.15, -0.1) is 13.2 Å². The van der Waals surface area contributed by atoms with Crippen LogP contribution in [0.2, 0.25) is 0 Å². The summed E-state index contributed by atoms with van der Waals surface area (Å²) in [7, 11) is 0. The summed E-state index contributed by atoms with van der Waals surface area (Å²) in [5.74, 6) is -3.65. The largest absolute Gasteiger partial charge is 0.574 e. The Labute approximate surface area is 94.2 Å². The van der Waals surface area contributed by atoms with Gasteiger partial charge < -0.3 is 4.74 Å². The molecule has 0 saturated heterocycles. The lowest BCUT2D eigenvalue weighted by Gasteiger charge is -2.14. The minimum Gasteiger partial charge on any atom is -0.387 e. The monoisotopic (exact) mass is 281 g/mol. The third kappa shape index (κ3) is 3.44. The van der Waals surface area contributed by atoms with Gasteiger partial charge in [-0.1, -0.05) is 0 Å². The maximum absolute atomic E-state index is 12.9. The van der Waals surface area contributed by atoms with Crippen LogP contribution in [-0.2, 0) is 12.9 Å². The van der Waals surface area contributed by atoms with Gasteiger partial charge in [-0.25, -0.2) is 13.8 Å². The van der Waals surface area contributed by atoms with Crippen molar-refractivity contribution < 1.29 is 39.9 Å². The molecule has 2 nitrogen and oxygen atoms in total. The van der Waals surface area contributed by atoms with E-state index in [1.54, 1.807) is 0 Å². The average molecular weight is 281 g/mol. The van der Waals surface area contributed by atoms with Gasteiger partial charge >= 0.3 is 12.5 Å². The standard InChI is InChI=1S/C8H3F8NO/c9-2-3-1-4(10)5(7(11,12)13)17-6(3)18-8(14,15)16/h1H,2H2. The van der Waals surface area contributed by atoms with Gasteiger partial charge in [-0.3, -0.25) is 0 Å². The van der Waals surface area contributed by atoms with Crippen LogP contribution in [0.1, 0.15) is 11.3 Å². The molecule has 1 rings (SSSR count). The highest BCUT2D eigenvalue weighted by Gasteiger charge is 2.39. The van der Waals surface area contributed by atoms with Gasteiger partial charge in [-0.2, -0.15) is 13.2 Å². The zero-order valence-electron chi connectivity index (χ0n) is 8.16. The summed E-state index contributed by atoms with van der Waals surface area (Å²) < 4.78 is 100. The molecule has 0 bridgehead atoms. The number of hydrogen-bond acceptors (Lipinski definition) is 2. The highest BCUT2D eigenvalue weighted by Crippen LogP contribution is 2.34. The second-order valence-corrected chi connectivity index (χ2v) is 2.96. The Bertz CT molecular complexity index is 438. The summed E-state index contributed by atoms with van der Waals surface area (Å²) in [6.07, 6.45) is -10.7. The molecule has 10 heteroatoms. The Kier molecular flexibility index (Phi) is 3.67. The minimum absolute atomic E-state index is 0.0447. The van der Waals surface area contributed by atoms with Crippen LogP contribution in [0.15, 0.2) is 6.07 Å². The number of rotatable bonds is 2. The van der Waals surface area contributed by atoms with Crippen molar-refractivity contribution in [1.82, 2.24) is 4.98 Å². The van der Waals surface area contributed by atoms with E-state index in [0.29, 0.717) is 0 Å². The molecule has 0 saturated carbocycles. The summed E-state index contributed by atoms with van der Waals surface area (Å²) in [5.41, 5.74) is -3.28. The van der Waals surface area contributed by atoms with Gasteiger partial charge in [-0.05, 0) is 6.07 Å². The molecular weight excluding hydrogens is 278 g/mol. The maximum atomic E-state index is 12.9. The molecule has 0 aliphatic rings. The first-order valence-corrected chi connectivity index (χ1v) is 4.13. The molecule has 1 aromatic heterocycles. The molecule has 0 aliphatic carbocycles. The number of alkyl halides is 7. The Morgan fingerprint density at radius 2 is 1.67 bits per heavy atom. The highest BCUT2D eigenvalue weighted by atomic mass is 19.4. The van der Waals surface area contributed by atoms with Crippen molar-refractivity contribution in [2.45, 2.75) is 19.2 Å². The van der Waals surface area contributed by atoms with Gasteiger partial charge in [0.2, 0.25) is 5.88 Å². The molecule has 0 N–H and O–H groups in total. The molecule has 0 radical (unpaired) electrons. The van der Waals surface area contributed by atoms with E-state index in [4.69, 9.17) is 0 Å². The van der Waals surface area contributed by atoms with E-state index in [2.05, 4.69) is 9.72 Å². The van der Waals surface area contributed by atoms with Crippen LogP contribution in [0.3, 0.4) is 0 Å². The van der Waals surface area contributed by atoms with Crippen LogP contribution in [0.5, 0.6) is 5.88 Å². The lowest BCUT2D eigenvalue weighted by atomic mass is 10.2. The smallest absolute Gasteiger partial charge is 0.387 e. The maximum Gasteiger partial charge on any atom is 0.574 e. The number of aromatic nitrogens is 1. The lowest BCUT2D eigenvalue weighted by molar-refractivity contribution is -0.276. The molecular formula is C8H3F8NO. The third-order valence-electron chi connectivity index (χ3n) is 1.64. The Morgan fingerprint density at radius 3 is 2.06 bits per heavy atom. The first-order valence-electron chi connectivity index (χ1n) is 4.13. The molecule has 102 valence electrons. The molecule has 0 aliphatic heterocycles. The van der Waals surface area contributed by atoms with Crippen LogP contribution in [0.25, 0.3) is 0 Å². The van der Waals surface area contributed by atoms with E-state index >= 15 is 0 Å².